The van der Waals surface area contributed by atoms with Crippen molar-refractivity contribution >= 4 is 11.7 Å². The third kappa shape index (κ3) is 2.84. The van der Waals surface area contributed by atoms with Crippen LogP contribution >= 0.6 is 0 Å². The molecule has 2 N–H and O–H groups in total. The van der Waals surface area contributed by atoms with Gasteiger partial charge in [-0.05, 0) is 37.0 Å². The predicted molar refractivity (Wildman–Crippen MR) is 116 cm³/mol. The molecule has 2 fully saturated rings. The fourth-order valence-electron chi connectivity index (χ4n) is 5.53. The van der Waals surface area contributed by atoms with E-state index >= 15 is 0 Å². The molecule has 2 aliphatic heterocycles. The molecule has 6 nitrogen and oxygen atoms in total. The van der Waals surface area contributed by atoms with Crippen LogP contribution in [0, 0.1) is 11.3 Å². The molecular formula is C23H29N5O. The summed E-state index contributed by atoms with van der Waals surface area (Å²) in [5.74, 6) is 1.38. The topological polar surface area (TPSA) is 76.5 Å². The maximum Gasteiger partial charge on any atom is 0.264 e. The maximum absolute atomic E-state index is 13.2. The third-order valence-corrected chi connectivity index (χ3v) is 7.47. The molecule has 1 saturated carbocycles. The van der Waals surface area contributed by atoms with Crippen molar-refractivity contribution in [2.75, 3.05) is 18.0 Å². The van der Waals surface area contributed by atoms with Crippen LogP contribution in [-0.4, -0.2) is 34.4 Å². The number of aromatic nitrogens is 2. The predicted octanol–water partition coefficient (Wildman–Crippen LogP) is 2.48. The molecule has 2 aromatic rings. The molecule has 0 unspecified atom stereocenters. The summed E-state index contributed by atoms with van der Waals surface area (Å²) < 4.78 is 1.71. The van der Waals surface area contributed by atoms with Crippen LogP contribution in [0.2, 0.25) is 0 Å². The van der Waals surface area contributed by atoms with Gasteiger partial charge in [0.15, 0.2) is 0 Å². The normalized spacial score (nSPS) is 25.3. The van der Waals surface area contributed by atoms with Crippen LogP contribution in [0.4, 0.5) is 5.95 Å². The van der Waals surface area contributed by atoms with Crippen molar-refractivity contribution in [2.24, 2.45) is 29.1 Å². The number of rotatable bonds is 2. The van der Waals surface area contributed by atoms with Crippen LogP contribution in [-0.2, 0) is 13.6 Å². The first-order valence-electron chi connectivity index (χ1n) is 10.7. The second-order valence-corrected chi connectivity index (χ2v) is 9.02. The van der Waals surface area contributed by atoms with E-state index in [2.05, 4.69) is 16.8 Å². The number of fused-ring (bicyclic) bond motifs is 1. The molecule has 5 rings (SSSR count). The van der Waals surface area contributed by atoms with Gasteiger partial charge in [-0.25, -0.2) is 4.98 Å². The van der Waals surface area contributed by atoms with E-state index in [1.165, 1.54) is 12.8 Å². The summed E-state index contributed by atoms with van der Waals surface area (Å²) in [5.41, 5.74) is 10.0. The van der Waals surface area contributed by atoms with Gasteiger partial charge in [0.2, 0.25) is 5.95 Å². The van der Waals surface area contributed by atoms with Crippen molar-refractivity contribution in [3.05, 3.63) is 57.5 Å². The van der Waals surface area contributed by atoms with Gasteiger partial charge in [0, 0.05) is 31.7 Å². The molecule has 0 radical (unpaired) electrons. The van der Waals surface area contributed by atoms with Gasteiger partial charge < -0.3 is 10.6 Å². The van der Waals surface area contributed by atoms with Crippen molar-refractivity contribution in [2.45, 2.75) is 45.2 Å². The fraction of sp³-hybridized carbons (Fsp3) is 0.522. The van der Waals surface area contributed by atoms with Crippen LogP contribution < -0.4 is 16.2 Å². The number of benzene rings is 1. The molecule has 1 spiro atoms. The highest BCUT2D eigenvalue weighted by Crippen LogP contribution is 2.48. The van der Waals surface area contributed by atoms with Crippen molar-refractivity contribution in [3.63, 3.8) is 0 Å². The van der Waals surface area contributed by atoms with Gasteiger partial charge in [0.1, 0.15) is 0 Å². The van der Waals surface area contributed by atoms with Gasteiger partial charge in [0.25, 0.3) is 5.56 Å². The number of piperidine rings is 1. The summed E-state index contributed by atoms with van der Waals surface area (Å²) in [6, 6.07) is 10.2. The summed E-state index contributed by atoms with van der Waals surface area (Å²) in [7, 11) is 1.83. The largest absolute Gasteiger partial charge is 0.342 e. The van der Waals surface area contributed by atoms with Crippen LogP contribution in [0.1, 0.15) is 49.4 Å². The van der Waals surface area contributed by atoms with E-state index in [0.717, 1.165) is 48.8 Å². The van der Waals surface area contributed by atoms with Gasteiger partial charge >= 0.3 is 0 Å². The lowest BCUT2D eigenvalue weighted by molar-refractivity contribution is 0.185. The lowest BCUT2D eigenvalue weighted by Gasteiger charge is -2.43. The van der Waals surface area contributed by atoms with E-state index < -0.39 is 0 Å². The number of nitrogens with zero attached hydrogens (tertiary/aromatic N) is 4. The van der Waals surface area contributed by atoms with Crippen molar-refractivity contribution in [1.82, 2.24) is 9.55 Å². The minimum absolute atomic E-state index is 0.00317. The molecule has 0 bridgehead atoms. The molecular weight excluding hydrogens is 362 g/mol. The first-order chi connectivity index (χ1) is 14.0. The number of nitrogens with two attached hydrogens (primary N) is 1. The SMILES string of the molecule is C[C@@H]1CCC2(CCN(c3nc4c(c(=O)n3C)C(c3ccccc3)=NC4)CC2)[C@@H]1N. The van der Waals surface area contributed by atoms with E-state index in [1.54, 1.807) is 4.57 Å². The Bertz CT molecular complexity index is 1020. The molecule has 1 aromatic carbocycles. The number of anilines is 1. The Hall–Kier alpha value is -2.47. The fourth-order valence-corrected chi connectivity index (χ4v) is 5.53. The average Bonchev–Trinajstić information content (AvgIpc) is 3.30. The second-order valence-electron chi connectivity index (χ2n) is 9.02. The molecule has 6 heteroatoms. The monoisotopic (exact) mass is 391 g/mol. The molecule has 1 aliphatic carbocycles. The minimum atomic E-state index is -0.00317. The highest BCUT2D eigenvalue weighted by atomic mass is 16.1. The van der Waals surface area contributed by atoms with Crippen LogP contribution in [0.25, 0.3) is 0 Å². The standard InChI is InChI=1S/C23H29N5O/c1-15-8-9-23(20(15)24)10-12-28(13-11-23)22-26-17-14-25-19(16-6-4-3-5-7-16)18(17)21(29)27(22)2/h3-7,15,20H,8-14,24H2,1-2H3/t15-,20-/m1/s1. The summed E-state index contributed by atoms with van der Waals surface area (Å²) >= 11 is 0. The minimum Gasteiger partial charge on any atom is -0.342 e. The molecule has 29 heavy (non-hydrogen) atoms. The summed E-state index contributed by atoms with van der Waals surface area (Å²) in [6.45, 7) is 4.57. The molecule has 152 valence electrons. The van der Waals surface area contributed by atoms with E-state index in [0.29, 0.717) is 24.1 Å². The average molecular weight is 392 g/mol. The zero-order valence-corrected chi connectivity index (χ0v) is 17.3. The van der Waals surface area contributed by atoms with E-state index in [4.69, 9.17) is 10.7 Å². The summed E-state index contributed by atoms with van der Waals surface area (Å²) in [4.78, 5) is 25.1. The van der Waals surface area contributed by atoms with E-state index in [-0.39, 0.29) is 11.0 Å². The molecule has 2 atom stereocenters. The first-order valence-corrected chi connectivity index (χ1v) is 10.7. The second kappa shape index (κ2) is 6.80. The van der Waals surface area contributed by atoms with Crippen molar-refractivity contribution < 1.29 is 0 Å². The maximum atomic E-state index is 13.2. The lowest BCUT2D eigenvalue weighted by atomic mass is 9.73. The Labute approximate surface area is 171 Å². The van der Waals surface area contributed by atoms with Gasteiger partial charge in [-0.15, -0.1) is 0 Å². The summed E-state index contributed by atoms with van der Waals surface area (Å²) in [5, 5.41) is 0. The van der Waals surface area contributed by atoms with Crippen LogP contribution in [0.15, 0.2) is 40.1 Å². The zero-order chi connectivity index (χ0) is 20.2. The quantitative estimate of drug-likeness (QED) is 0.853. The third-order valence-electron chi connectivity index (χ3n) is 7.47. The Morgan fingerprint density at radius 3 is 2.52 bits per heavy atom. The number of aliphatic imine (C=N–C) groups is 1. The van der Waals surface area contributed by atoms with E-state index in [1.807, 2.05) is 37.4 Å². The Balaban J connectivity index is 1.43. The van der Waals surface area contributed by atoms with Gasteiger partial charge in [-0.1, -0.05) is 37.3 Å². The lowest BCUT2D eigenvalue weighted by Crippen LogP contribution is -2.49. The Kier molecular flexibility index (Phi) is 4.35. The molecule has 3 aliphatic rings. The Morgan fingerprint density at radius 1 is 1.14 bits per heavy atom. The Morgan fingerprint density at radius 2 is 1.86 bits per heavy atom. The zero-order valence-electron chi connectivity index (χ0n) is 17.3. The van der Waals surface area contributed by atoms with Crippen LogP contribution in [0.3, 0.4) is 0 Å². The van der Waals surface area contributed by atoms with Crippen molar-refractivity contribution in [1.29, 1.82) is 0 Å². The first kappa shape index (κ1) is 18.6. The van der Waals surface area contributed by atoms with Crippen LogP contribution in [0.5, 0.6) is 0 Å². The smallest absolute Gasteiger partial charge is 0.264 e. The highest BCUT2D eigenvalue weighted by Gasteiger charge is 2.46. The highest BCUT2D eigenvalue weighted by molar-refractivity contribution is 6.14. The van der Waals surface area contributed by atoms with Gasteiger partial charge in [-0.2, -0.15) is 0 Å². The number of hydrogen-bond acceptors (Lipinski definition) is 5. The van der Waals surface area contributed by atoms with Gasteiger partial charge in [-0.3, -0.25) is 14.4 Å². The molecule has 1 aromatic heterocycles. The summed E-state index contributed by atoms with van der Waals surface area (Å²) in [6.07, 6.45) is 4.62. The van der Waals surface area contributed by atoms with Crippen molar-refractivity contribution in [3.8, 4) is 0 Å². The molecule has 3 heterocycles. The molecule has 0 amide bonds. The number of hydrogen-bond donors (Lipinski definition) is 1. The van der Waals surface area contributed by atoms with Gasteiger partial charge in [0.05, 0.1) is 23.5 Å². The molecule has 1 saturated heterocycles. The van der Waals surface area contributed by atoms with E-state index in [9.17, 15) is 4.79 Å².